The van der Waals surface area contributed by atoms with Gasteiger partial charge in [-0.05, 0) is 25.2 Å². The van der Waals surface area contributed by atoms with Crippen LogP contribution in [0.1, 0.15) is 25.7 Å². The summed E-state index contributed by atoms with van der Waals surface area (Å²) in [5.41, 5.74) is 0. The van der Waals surface area contributed by atoms with E-state index in [2.05, 4.69) is 10.3 Å². The summed E-state index contributed by atoms with van der Waals surface area (Å²) < 4.78 is 38.8. The number of halogens is 3. The lowest BCUT2D eigenvalue weighted by molar-refractivity contribution is 0.104. The first-order valence-electron chi connectivity index (χ1n) is 5.99. The van der Waals surface area contributed by atoms with E-state index in [0.717, 1.165) is 19.3 Å². The van der Waals surface area contributed by atoms with Gasteiger partial charge in [0.05, 0.1) is 6.10 Å². The smallest absolute Gasteiger partial charge is 0.251 e. The van der Waals surface area contributed by atoms with Gasteiger partial charge in [0.15, 0.2) is 17.5 Å². The molecule has 0 spiro atoms. The van der Waals surface area contributed by atoms with E-state index in [-0.39, 0.29) is 17.8 Å². The van der Waals surface area contributed by atoms with E-state index in [9.17, 15) is 18.3 Å². The Morgan fingerprint density at radius 1 is 1.28 bits per heavy atom. The SMILES string of the molecule is OC1CCCC(CNc2nc(F)c(F)cc2F)C1. The molecule has 2 N–H and O–H groups in total. The van der Waals surface area contributed by atoms with E-state index < -0.39 is 17.6 Å². The Labute approximate surface area is 103 Å². The van der Waals surface area contributed by atoms with Crippen molar-refractivity contribution in [3.05, 3.63) is 23.6 Å². The molecule has 0 bridgehead atoms. The maximum absolute atomic E-state index is 13.3. The first kappa shape index (κ1) is 13.1. The van der Waals surface area contributed by atoms with Crippen LogP contribution in [0.25, 0.3) is 0 Å². The van der Waals surface area contributed by atoms with Crippen molar-refractivity contribution in [2.45, 2.75) is 31.8 Å². The summed E-state index contributed by atoms with van der Waals surface area (Å²) in [6.45, 7) is 0.395. The number of hydrogen-bond donors (Lipinski definition) is 2. The molecular formula is C12H15F3N2O. The van der Waals surface area contributed by atoms with E-state index in [4.69, 9.17) is 0 Å². The molecule has 1 aromatic rings. The minimum atomic E-state index is -1.32. The summed E-state index contributed by atoms with van der Waals surface area (Å²) in [5, 5.41) is 12.2. The van der Waals surface area contributed by atoms with E-state index in [1.165, 1.54) is 0 Å². The summed E-state index contributed by atoms with van der Waals surface area (Å²) in [4.78, 5) is 3.19. The molecule has 18 heavy (non-hydrogen) atoms. The Morgan fingerprint density at radius 2 is 2.06 bits per heavy atom. The first-order valence-corrected chi connectivity index (χ1v) is 5.99. The van der Waals surface area contributed by atoms with Crippen LogP contribution in [0.3, 0.4) is 0 Å². The van der Waals surface area contributed by atoms with E-state index in [0.29, 0.717) is 19.0 Å². The number of rotatable bonds is 3. The van der Waals surface area contributed by atoms with Crippen LogP contribution in [0.2, 0.25) is 0 Å². The summed E-state index contributed by atoms with van der Waals surface area (Å²) in [6, 6.07) is 0.473. The Morgan fingerprint density at radius 3 is 2.78 bits per heavy atom. The van der Waals surface area contributed by atoms with Crippen LogP contribution in [0.5, 0.6) is 0 Å². The Kier molecular flexibility index (Phi) is 4.06. The normalized spacial score (nSPS) is 24.0. The minimum absolute atomic E-state index is 0.197. The molecule has 1 fully saturated rings. The molecular weight excluding hydrogens is 245 g/mol. The first-order chi connectivity index (χ1) is 8.56. The molecule has 1 heterocycles. The van der Waals surface area contributed by atoms with Crippen LogP contribution in [0, 0.1) is 23.5 Å². The molecule has 3 nitrogen and oxygen atoms in total. The predicted octanol–water partition coefficient (Wildman–Crippen LogP) is 2.46. The van der Waals surface area contributed by atoms with Gasteiger partial charge >= 0.3 is 0 Å². The van der Waals surface area contributed by atoms with Crippen molar-refractivity contribution in [1.82, 2.24) is 4.98 Å². The maximum Gasteiger partial charge on any atom is 0.251 e. The topological polar surface area (TPSA) is 45.1 Å². The number of anilines is 1. The van der Waals surface area contributed by atoms with Gasteiger partial charge in [-0.25, -0.2) is 8.78 Å². The number of aliphatic hydroxyl groups excluding tert-OH is 1. The Balaban J connectivity index is 1.95. The highest BCUT2D eigenvalue weighted by molar-refractivity contribution is 5.36. The predicted molar refractivity (Wildman–Crippen MR) is 60.6 cm³/mol. The number of nitrogens with zero attached hydrogens (tertiary/aromatic N) is 1. The van der Waals surface area contributed by atoms with Gasteiger partial charge in [-0.2, -0.15) is 9.37 Å². The monoisotopic (exact) mass is 260 g/mol. The van der Waals surface area contributed by atoms with Crippen molar-refractivity contribution in [2.75, 3.05) is 11.9 Å². The molecule has 0 amide bonds. The van der Waals surface area contributed by atoms with Crippen LogP contribution in [-0.4, -0.2) is 22.7 Å². The average molecular weight is 260 g/mol. The zero-order chi connectivity index (χ0) is 13.1. The van der Waals surface area contributed by atoms with Crippen molar-refractivity contribution in [2.24, 2.45) is 5.92 Å². The van der Waals surface area contributed by atoms with Gasteiger partial charge in [-0.3, -0.25) is 0 Å². The number of pyridine rings is 1. The lowest BCUT2D eigenvalue weighted by Gasteiger charge is -2.26. The molecule has 2 rings (SSSR count). The molecule has 0 aliphatic heterocycles. The fourth-order valence-corrected chi connectivity index (χ4v) is 2.26. The van der Waals surface area contributed by atoms with E-state index >= 15 is 0 Å². The van der Waals surface area contributed by atoms with Crippen molar-refractivity contribution < 1.29 is 18.3 Å². The third-order valence-electron chi connectivity index (χ3n) is 3.20. The molecule has 1 aromatic heterocycles. The highest BCUT2D eigenvalue weighted by Gasteiger charge is 2.20. The Hall–Kier alpha value is -1.30. The van der Waals surface area contributed by atoms with Crippen molar-refractivity contribution >= 4 is 5.82 Å². The van der Waals surface area contributed by atoms with Crippen LogP contribution >= 0.6 is 0 Å². The van der Waals surface area contributed by atoms with Gasteiger partial charge in [0, 0.05) is 12.6 Å². The lowest BCUT2D eigenvalue weighted by Crippen LogP contribution is -2.25. The fraction of sp³-hybridized carbons (Fsp3) is 0.583. The highest BCUT2D eigenvalue weighted by Crippen LogP contribution is 2.25. The minimum Gasteiger partial charge on any atom is -0.393 e. The molecule has 0 radical (unpaired) electrons. The van der Waals surface area contributed by atoms with Crippen molar-refractivity contribution in [3.63, 3.8) is 0 Å². The van der Waals surface area contributed by atoms with Crippen LogP contribution in [0.15, 0.2) is 6.07 Å². The summed E-state index contributed by atoms with van der Waals surface area (Å²) in [5.74, 6) is -3.61. The van der Waals surface area contributed by atoms with E-state index in [1.54, 1.807) is 0 Å². The molecule has 100 valence electrons. The van der Waals surface area contributed by atoms with E-state index in [1.807, 2.05) is 0 Å². The highest BCUT2D eigenvalue weighted by atomic mass is 19.2. The number of hydrogen-bond acceptors (Lipinski definition) is 3. The molecule has 2 atom stereocenters. The van der Waals surface area contributed by atoms with Gasteiger partial charge in [-0.1, -0.05) is 6.42 Å². The van der Waals surface area contributed by atoms with Crippen molar-refractivity contribution in [1.29, 1.82) is 0 Å². The second kappa shape index (κ2) is 5.56. The number of aliphatic hydroxyl groups is 1. The molecule has 6 heteroatoms. The standard InChI is InChI=1S/C12H15F3N2O/c13-9-5-10(14)12(17-11(9)15)16-6-7-2-1-3-8(18)4-7/h5,7-8,18H,1-4,6H2,(H,16,17). The molecule has 1 aliphatic rings. The van der Waals surface area contributed by atoms with Gasteiger partial charge in [0.25, 0.3) is 5.95 Å². The molecule has 1 saturated carbocycles. The average Bonchev–Trinajstić information content (AvgIpc) is 2.32. The fourth-order valence-electron chi connectivity index (χ4n) is 2.26. The second-order valence-corrected chi connectivity index (χ2v) is 4.66. The molecule has 2 unspecified atom stereocenters. The van der Waals surface area contributed by atoms with Crippen LogP contribution in [0.4, 0.5) is 19.0 Å². The zero-order valence-corrected chi connectivity index (χ0v) is 9.80. The second-order valence-electron chi connectivity index (χ2n) is 4.66. The van der Waals surface area contributed by atoms with Crippen LogP contribution in [-0.2, 0) is 0 Å². The largest absolute Gasteiger partial charge is 0.393 e. The quantitative estimate of drug-likeness (QED) is 0.821. The van der Waals surface area contributed by atoms with Gasteiger partial charge in [0.1, 0.15) is 0 Å². The lowest BCUT2D eigenvalue weighted by atomic mass is 9.87. The molecule has 0 saturated heterocycles. The number of nitrogens with one attached hydrogen (secondary N) is 1. The van der Waals surface area contributed by atoms with Crippen LogP contribution < -0.4 is 5.32 Å². The molecule has 1 aliphatic carbocycles. The number of aromatic nitrogens is 1. The zero-order valence-electron chi connectivity index (χ0n) is 9.80. The molecule has 0 aromatic carbocycles. The third kappa shape index (κ3) is 3.13. The maximum atomic E-state index is 13.3. The van der Waals surface area contributed by atoms with Gasteiger partial charge in [-0.15, -0.1) is 0 Å². The summed E-state index contributed by atoms with van der Waals surface area (Å²) >= 11 is 0. The van der Waals surface area contributed by atoms with Crippen molar-refractivity contribution in [3.8, 4) is 0 Å². The van der Waals surface area contributed by atoms with Gasteiger partial charge in [0.2, 0.25) is 0 Å². The van der Waals surface area contributed by atoms with Gasteiger partial charge < -0.3 is 10.4 Å². The third-order valence-corrected chi connectivity index (χ3v) is 3.20. The Bertz CT molecular complexity index is 428. The summed E-state index contributed by atoms with van der Waals surface area (Å²) in [6.07, 6.45) is 2.94. The summed E-state index contributed by atoms with van der Waals surface area (Å²) in [7, 11) is 0.